The summed E-state index contributed by atoms with van der Waals surface area (Å²) in [6.07, 6.45) is 2.18. The minimum absolute atomic E-state index is 0.0942. The quantitative estimate of drug-likeness (QED) is 0.268. The molecule has 0 saturated carbocycles. The normalized spacial score (nSPS) is 16.6. The monoisotopic (exact) mass is 597 g/mol. The second-order valence-electron chi connectivity index (χ2n) is 14.4. The van der Waals surface area contributed by atoms with Crippen molar-refractivity contribution in [2.75, 3.05) is 26.7 Å². The van der Waals surface area contributed by atoms with Crippen LogP contribution in [0.15, 0.2) is 22.7 Å². The number of hydrogen-bond acceptors (Lipinski definition) is 7. The van der Waals surface area contributed by atoms with E-state index in [0.717, 1.165) is 65.4 Å². The van der Waals surface area contributed by atoms with E-state index in [4.69, 9.17) is 18.7 Å². The number of ether oxygens (including phenoxy) is 1. The van der Waals surface area contributed by atoms with Gasteiger partial charge < -0.3 is 28.5 Å². The summed E-state index contributed by atoms with van der Waals surface area (Å²) in [5.74, 6) is 1.63. The number of alkyl carbamates (subject to hydrolysis) is 1. The summed E-state index contributed by atoms with van der Waals surface area (Å²) in [5, 5.41) is 7.43. The van der Waals surface area contributed by atoms with E-state index in [1.807, 2.05) is 34.6 Å². The van der Waals surface area contributed by atoms with Crippen LogP contribution in [0.3, 0.4) is 0 Å². The first-order valence-electron chi connectivity index (χ1n) is 15.2. The van der Waals surface area contributed by atoms with Gasteiger partial charge in [-0.25, -0.2) is 9.78 Å². The standard InChI is InChI=1S/C32H51N5O4Si/c1-21-28(22(2)41-35-21)23-12-13-27-26(20-23)33-29(37(27)24-14-17-36(9)18-15-24)25(34-30(38)40-31(3,4)5)16-19-39-42(10,11)32(6,7)8/h12-13,20,24-25H,14-19H2,1-11H3,(H,34,38)/t25-/m0/s1. The van der Waals surface area contributed by atoms with E-state index in [2.05, 4.69) is 79.1 Å². The Hall–Kier alpha value is -2.69. The highest BCUT2D eigenvalue weighted by Gasteiger charge is 2.37. The number of piperidine rings is 1. The van der Waals surface area contributed by atoms with Gasteiger partial charge in [0.2, 0.25) is 0 Å². The molecule has 0 aliphatic carbocycles. The second kappa shape index (κ2) is 12.1. The van der Waals surface area contributed by atoms with Gasteiger partial charge in [0.25, 0.3) is 0 Å². The molecule has 1 amide bonds. The Morgan fingerprint density at radius 1 is 1.14 bits per heavy atom. The molecule has 1 fully saturated rings. The maximum atomic E-state index is 13.2. The number of nitrogens with one attached hydrogen (secondary N) is 1. The zero-order valence-electron chi connectivity index (χ0n) is 27.6. The Labute approximate surface area is 252 Å². The number of carbonyl (C=O) groups excluding carboxylic acids is 1. The van der Waals surface area contributed by atoms with Gasteiger partial charge in [-0.1, -0.05) is 32.0 Å². The third-order valence-electron chi connectivity index (χ3n) is 8.77. The highest BCUT2D eigenvalue weighted by atomic mass is 28.4. The number of likely N-dealkylation sites (tertiary alicyclic amines) is 1. The third-order valence-corrected chi connectivity index (χ3v) is 13.3. The number of benzene rings is 1. The van der Waals surface area contributed by atoms with Crippen LogP contribution in [0, 0.1) is 13.8 Å². The summed E-state index contributed by atoms with van der Waals surface area (Å²) in [6.45, 7) is 23.3. The molecule has 1 saturated heterocycles. The summed E-state index contributed by atoms with van der Waals surface area (Å²) in [6, 6.07) is 6.30. The van der Waals surface area contributed by atoms with Gasteiger partial charge in [0, 0.05) is 18.2 Å². The zero-order valence-corrected chi connectivity index (χ0v) is 28.6. The fourth-order valence-electron chi connectivity index (χ4n) is 5.41. The number of imidazole rings is 1. The molecule has 10 heteroatoms. The number of rotatable bonds is 8. The Morgan fingerprint density at radius 2 is 1.81 bits per heavy atom. The molecule has 2 aromatic heterocycles. The lowest BCUT2D eigenvalue weighted by atomic mass is 10.0. The molecule has 4 rings (SSSR count). The third kappa shape index (κ3) is 7.26. The Balaban J connectivity index is 1.78. The smallest absolute Gasteiger partial charge is 0.408 e. The van der Waals surface area contributed by atoms with Crippen molar-refractivity contribution in [3.63, 3.8) is 0 Å². The Kier molecular flexibility index (Phi) is 9.30. The van der Waals surface area contributed by atoms with Crippen molar-refractivity contribution < 1.29 is 18.5 Å². The topological polar surface area (TPSA) is 94.6 Å². The van der Waals surface area contributed by atoms with Gasteiger partial charge in [-0.15, -0.1) is 0 Å². The lowest BCUT2D eigenvalue weighted by Gasteiger charge is -2.36. The number of fused-ring (bicyclic) bond motifs is 1. The Bertz CT molecular complexity index is 1370. The van der Waals surface area contributed by atoms with Crippen molar-refractivity contribution in [2.24, 2.45) is 0 Å². The summed E-state index contributed by atoms with van der Waals surface area (Å²) in [7, 11) is 0.194. The van der Waals surface area contributed by atoms with Gasteiger partial charge in [-0.05, 0) is 110 Å². The van der Waals surface area contributed by atoms with Gasteiger partial charge in [0.1, 0.15) is 17.2 Å². The van der Waals surface area contributed by atoms with Crippen LogP contribution in [-0.4, -0.2) is 66.4 Å². The summed E-state index contributed by atoms with van der Waals surface area (Å²) in [4.78, 5) is 20.8. The molecule has 9 nitrogen and oxygen atoms in total. The van der Waals surface area contributed by atoms with Gasteiger partial charge in [0.15, 0.2) is 8.32 Å². The lowest BCUT2D eigenvalue weighted by molar-refractivity contribution is 0.0492. The molecule has 3 aromatic rings. The molecule has 1 aromatic carbocycles. The van der Waals surface area contributed by atoms with Gasteiger partial charge in [-0.3, -0.25) is 0 Å². The number of aryl methyl sites for hydroxylation is 2. The largest absolute Gasteiger partial charge is 0.444 e. The van der Waals surface area contributed by atoms with Crippen molar-refractivity contribution in [1.29, 1.82) is 0 Å². The molecular weight excluding hydrogens is 546 g/mol. The van der Waals surface area contributed by atoms with Crippen LogP contribution in [0.2, 0.25) is 18.1 Å². The molecule has 0 radical (unpaired) electrons. The average molecular weight is 598 g/mol. The number of carbonyl (C=O) groups is 1. The molecule has 232 valence electrons. The van der Waals surface area contributed by atoms with Crippen molar-refractivity contribution in [3.8, 4) is 11.1 Å². The predicted molar refractivity (Wildman–Crippen MR) is 170 cm³/mol. The van der Waals surface area contributed by atoms with Crippen molar-refractivity contribution in [1.82, 2.24) is 24.9 Å². The lowest BCUT2D eigenvalue weighted by Crippen LogP contribution is -2.42. The number of aromatic nitrogens is 3. The van der Waals surface area contributed by atoms with E-state index in [9.17, 15) is 4.79 Å². The first-order chi connectivity index (χ1) is 19.5. The maximum Gasteiger partial charge on any atom is 0.408 e. The van der Waals surface area contributed by atoms with Crippen LogP contribution in [0.4, 0.5) is 4.79 Å². The van der Waals surface area contributed by atoms with Crippen LogP contribution in [0.25, 0.3) is 22.2 Å². The molecular formula is C32H51N5O4Si. The van der Waals surface area contributed by atoms with Crippen molar-refractivity contribution in [3.05, 3.63) is 35.5 Å². The van der Waals surface area contributed by atoms with Crippen LogP contribution in [-0.2, 0) is 9.16 Å². The van der Waals surface area contributed by atoms with Gasteiger partial charge >= 0.3 is 6.09 Å². The van der Waals surface area contributed by atoms with E-state index >= 15 is 0 Å². The fourth-order valence-corrected chi connectivity index (χ4v) is 6.48. The summed E-state index contributed by atoms with van der Waals surface area (Å²) in [5.41, 5.74) is 4.23. The molecule has 0 bridgehead atoms. The number of nitrogens with zero attached hydrogens (tertiary/aromatic N) is 4. The Morgan fingerprint density at radius 3 is 2.38 bits per heavy atom. The van der Waals surface area contributed by atoms with E-state index in [0.29, 0.717) is 13.0 Å². The minimum Gasteiger partial charge on any atom is -0.444 e. The highest BCUT2D eigenvalue weighted by Crippen LogP contribution is 2.38. The molecule has 0 unspecified atom stereocenters. The average Bonchev–Trinajstić information content (AvgIpc) is 3.40. The molecule has 1 aliphatic heterocycles. The van der Waals surface area contributed by atoms with E-state index in [1.54, 1.807) is 0 Å². The van der Waals surface area contributed by atoms with Crippen LogP contribution < -0.4 is 5.32 Å². The first kappa shape index (κ1) is 32.2. The van der Waals surface area contributed by atoms with Gasteiger partial charge in [-0.2, -0.15) is 0 Å². The van der Waals surface area contributed by atoms with Crippen LogP contribution in [0.1, 0.15) is 90.2 Å². The molecule has 3 heterocycles. The van der Waals surface area contributed by atoms with Crippen molar-refractivity contribution >= 4 is 25.4 Å². The van der Waals surface area contributed by atoms with Crippen LogP contribution in [0.5, 0.6) is 0 Å². The minimum atomic E-state index is -1.98. The highest BCUT2D eigenvalue weighted by molar-refractivity contribution is 6.74. The molecule has 0 spiro atoms. The predicted octanol–water partition coefficient (Wildman–Crippen LogP) is 7.55. The second-order valence-corrected chi connectivity index (χ2v) is 19.2. The summed E-state index contributed by atoms with van der Waals surface area (Å²) >= 11 is 0. The maximum absolute atomic E-state index is 13.2. The molecule has 1 aliphatic rings. The zero-order chi connectivity index (χ0) is 31.0. The SMILES string of the molecule is Cc1noc(C)c1-c1ccc2c(c1)nc([C@H](CCO[Si](C)(C)C(C)(C)C)NC(=O)OC(C)(C)C)n2C1CCN(C)CC1. The first-order valence-corrected chi connectivity index (χ1v) is 18.1. The van der Waals surface area contributed by atoms with Crippen LogP contribution >= 0.6 is 0 Å². The number of amides is 1. The van der Waals surface area contributed by atoms with E-state index < -0.39 is 20.0 Å². The van der Waals surface area contributed by atoms with Crippen molar-refractivity contribution in [2.45, 2.75) is 110 Å². The van der Waals surface area contributed by atoms with E-state index in [1.165, 1.54) is 0 Å². The number of hydrogen-bond donors (Lipinski definition) is 1. The fraction of sp³-hybridized carbons (Fsp3) is 0.656. The summed E-state index contributed by atoms with van der Waals surface area (Å²) < 4.78 is 20.1. The molecule has 1 atom stereocenters. The van der Waals surface area contributed by atoms with Gasteiger partial charge in [0.05, 0.1) is 22.8 Å². The molecule has 1 N–H and O–H groups in total. The molecule has 42 heavy (non-hydrogen) atoms. The van der Waals surface area contributed by atoms with E-state index in [-0.39, 0.29) is 17.1 Å².